The van der Waals surface area contributed by atoms with Crippen molar-refractivity contribution in [3.8, 4) is 0 Å². The summed E-state index contributed by atoms with van der Waals surface area (Å²) in [5.41, 5.74) is 0.127. The van der Waals surface area contributed by atoms with Gasteiger partial charge in [-0.3, -0.25) is 10.1 Å². The minimum absolute atomic E-state index is 0.127. The Kier molecular flexibility index (Phi) is 2.42. The minimum Gasteiger partial charge on any atom is -0.326 e. The summed E-state index contributed by atoms with van der Waals surface area (Å²) in [4.78, 5) is 13.2. The molecular weight excluding hydrogens is 152 g/mol. The fraction of sp³-hybridized carbons (Fsp3) is 0.889. The highest BCUT2D eigenvalue weighted by atomic mass is 16.2. The molecule has 0 bridgehead atoms. The Balaban J connectivity index is 2.73. The number of carbonyl (C=O) groups excluding carboxylic acids is 1. The molecule has 0 radical (unpaired) electrons. The SMILES string of the molecule is CCN1C(=O)CNC1C(C)(C)C. The van der Waals surface area contributed by atoms with Crippen molar-refractivity contribution < 1.29 is 4.79 Å². The van der Waals surface area contributed by atoms with Gasteiger partial charge in [0.25, 0.3) is 0 Å². The maximum atomic E-state index is 11.3. The lowest BCUT2D eigenvalue weighted by molar-refractivity contribution is -0.129. The predicted octanol–water partition coefficient (Wildman–Crippen LogP) is 0.810. The zero-order valence-corrected chi connectivity index (χ0v) is 8.35. The predicted molar refractivity (Wildman–Crippen MR) is 48.6 cm³/mol. The van der Waals surface area contributed by atoms with Crippen LogP contribution in [0.5, 0.6) is 0 Å². The van der Waals surface area contributed by atoms with Gasteiger partial charge in [-0.15, -0.1) is 0 Å². The van der Waals surface area contributed by atoms with E-state index in [9.17, 15) is 4.79 Å². The molecule has 1 heterocycles. The van der Waals surface area contributed by atoms with E-state index in [-0.39, 0.29) is 17.5 Å². The van der Waals surface area contributed by atoms with Crippen LogP contribution in [0, 0.1) is 5.41 Å². The molecule has 1 unspecified atom stereocenters. The molecule has 12 heavy (non-hydrogen) atoms. The lowest BCUT2D eigenvalue weighted by Crippen LogP contribution is -2.46. The van der Waals surface area contributed by atoms with Crippen molar-refractivity contribution in [2.45, 2.75) is 33.9 Å². The number of nitrogens with zero attached hydrogens (tertiary/aromatic N) is 1. The van der Waals surface area contributed by atoms with Crippen molar-refractivity contribution in [2.75, 3.05) is 13.1 Å². The van der Waals surface area contributed by atoms with Gasteiger partial charge in [0.2, 0.25) is 5.91 Å². The van der Waals surface area contributed by atoms with Gasteiger partial charge >= 0.3 is 0 Å². The van der Waals surface area contributed by atoms with E-state index in [4.69, 9.17) is 0 Å². The Morgan fingerprint density at radius 2 is 2.17 bits per heavy atom. The quantitative estimate of drug-likeness (QED) is 0.631. The van der Waals surface area contributed by atoms with Crippen LogP contribution in [0.2, 0.25) is 0 Å². The van der Waals surface area contributed by atoms with Gasteiger partial charge < -0.3 is 4.90 Å². The third-order valence-corrected chi connectivity index (χ3v) is 2.24. The molecule has 1 atom stereocenters. The van der Waals surface area contributed by atoms with E-state index >= 15 is 0 Å². The first-order chi connectivity index (χ1) is 5.46. The van der Waals surface area contributed by atoms with Crippen molar-refractivity contribution in [3.63, 3.8) is 0 Å². The molecule has 1 aliphatic rings. The van der Waals surface area contributed by atoms with E-state index in [2.05, 4.69) is 26.1 Å². The number of hydrogen-bond acceptors (Lipinski definition) is 2. The lowest BCUT2D eigenvalue weighted by Gasteiger charge is -2.33. The minimum atomic E-state index is 0.127. The van der Waals surface area contributed by atoms with Crippen molar-refractivity contribution in [2.24, 2.45) is 5.41 Å². The first kappa shape index (κ1) is 9.52. The smallest absolute Gasteiger partial charge is 0.237 e. The lowest BCUT2D eigenvalue weighted by atomic mass is 9.92. The fourth-order valence-corrected chi connectivity index (χ4v) is 1.67. The van der Waals surface area contributed by atoms with Gasteiger partial charge in [0, 0.05) is 6.54 Å². The summed E-state index contributed by atoms with van der Waals surface area (Å²) < 4.78 is 0. The Bertz CT molecular complexity index is 183. The summed E-state index contributed by atoms with van der Waals surface area (Å²) in [6.45, 7) is 9.75. The van der Waals surface area contributed by atoms with Crippen LogP contribution in [0.25, 0.3) is 0 Å². The molecule has 3 nitrogen and oxygen atoms in total. The number of nitrogens with one attached hydrogen (secondary N) is 1. The molecule has 1 aliphatic heterocycles. The fourth-order valence-electron chi connectivity index (χ4n) is 1.67. The molecule has 1 amide bonds. The van der Waals surface area contributed by atoms with Crippen LogP contribution in [0.1, 0.15) is 27.7 Å². The van der Waals surface area contributed by atoms with Gasteiger partial charge in [-0.2, -0.15) is 0 Å². The van der Waals surface area contributed by atoms with Crippen LogP contribution in [0.15, 0.2) is 0 Å². The summed E-state index contributed by atoms with van der Waals surface area (Å²) in [6, 6.07) is 0. The van der Waals surface area contributed by atoms with Crippen LogP contribution in [0.3, 0.4) is 0 Å². The average Bonchev–Trinajstić information content (AvgIpc) is 2.29. The van der Waals surface area contributed by atoms with E-state index in [1.807, 2.05) is 11.8 Å². The van der Waals surface area contributed by atoms with Gasteiger partial charge in [-0.1, -0.05) is 20.8 Å². The number of carbonyl (C=O) groups is 1. The van der Waals surface area contributed by atoms with Crippen molar-refractivity contribution in [1.29, 1.82) is 0 Å². The third kappa shape index (κ3) is 1.61. The molecule has 1 N–H and O–H groups in total. The van der Waals surface area contributed by atoms with Crippen LogP contribution in [-0.4, -0.2) is 30.1 Å². The molecule has 0 aliphatic carbocycles. The van der Waals surface area contributed by atoms with E-state index in [0.717, 1.165) is 6.54 Å². The third-order valence-electron chi connectivity index (χ3n) is 2.24. The van der Waals surface area contributed by atoms with Crippen LogP contribution in [0.4, 0.5) is 0 Å². The number of likely N-dealkylation sites (N-methyl/N-ethyl adjacent to an activating group) is 1. The van der Waals surface area contributed by atoms with Crippen molar-refractivity contribution in [3.05, 3.63) is 0 Å². The van der Waals surface area contributed by atoms with Crippen LogP contribution in [-0.2, 0) is 4.79 Å². The first-order valence-corrected chi connectivity index (χ1v) is 4.49. The van der Waals surface area contributed by atoms with Gasteiger partial charge in [0.15, 0.2) is 0 Å². The second-order valence-corrected chi connectivity index (χ2v) is 4.33. The average molecular weight is 170 g/mol. The van der Waals surface area contributed by atoms with Crippen LogP contribution < -0.4 is 5.32 Å². The highest BCUT2D eigenvalue weighted by molar-refractivity contribution is 5.80. The Morgan fingerprint density at radius 1 is 1.58 bits per heavy atom. The molecular formula is C9H18N2O. The van der Waals surface area contributed by atoms with Gasteiger partial charge in [0.1, 0.15) is 0 Å². The Hall–Kier alpha value is -0.570. The molecule has 3 heteroatoms. The Morgan fingerprint density at radius 3 is 2.50 bits per heavy atom. The van der Waals surface area contributed by atoms with E-state index in [1.54, 1.807) is 0 Å². The maximum absolute atomic E-state index is 11.3. The zero-order chi connectivity index (χ0) is 9.35. The highest BCUT2D eigenvalue weighted by Crippen LogP contribution is 2.24. The topological polar surface area (TPSA) is 32.3 Å². The molecule has 0 aromatic heterocycles. The molecule has 0 saturated carbocycles. The van der Waals surface area contributed by atoms with Gasteiger partial charge in [-0.05, 0) is 12.3 Å². The van der Waals surface area contributed by atoms with E-state index < -0.39 is 0 Å². The second-order valence-electron chi connectivity index (χ2n) is 4.33. The van der Waals surface area contributed by atoms with Crippen molar-refractivity contribution >= 4 is 5.91 Å². The van der Waals surface area contributed by atoms with Gasteiger partial charge in [0.05, 0.1) is 12.7 Å². The second kappa shape index (κ2) is 3.05. The molecule has 1 rings (SSSR count). The first-order valence-electron chi connectivity index (χ1n) is 4.49. The maximum Gasteiger partial charge on any atom is 0.237 e. The highest BCUT2D eigenvalue weighted by Gasteiger charge is 2.36. The normalized spacial score (nSPS) is 25.2. The number of hydrogen-bond donors (Lipinski definition) is 1. The number of amides is 1. The molecule has 0 aromatic rings. The van der Waals surface area contributed by atoms with Crippen LogP contribution >= 0.6 is 0 Å². The standard InChI is InChI=1S/C9H18N2O/c1-5-11-7(12)6-10-8(11)9(2,3)4/h8,10H,5-6H2,1-4H3. The monoisotopic (exact) mass is 170 g/mol. The van der Waals surface area contributed by atoms with E-state index in [1.165, 1.54) is 0 Å². The largest absolute Gasteiger partial charge is 0.326 e. The van der Waals surface area contributed by atoms with Crippen molar-refractivity contribution in [1.82, 2.24) is 10.2 Å². The molecule has 0 aromatic carbocycles. The summed E-state index contributed by atoms with van der Waals surface area (Å²) in [5, 5.41) is 3.22. The summed E-state index contributed by atoms with van der Waals surface area (Å²) >= 11 is 0. The summed E-state index contributed by atoms with van der Waals surface area (Å²) in [5.74, 6) is 0.220. The zero-order valence-electron chi connectivity index (χ0n) is 8.35. The van der Waals surface area contributed by atoms with Gasteiger partial charge in [-0.25, -0.2) is 0 Å². The molecule has 70 valence electrons. The molecule has 1 saturated heterocycles. The summed E-state index contributed by atoms with van der Waals surface area (Å²) in [6.07, 6.45) is 0.204. The summed E-state index contributed by atoms with van der Waals surface area (Å²) in [7, 11) is 0. The molecule has 0 spiro atoms. The number of rotatable bonds is 1. The Labute approximate surface area is 74.1 Å². The van der Waals surface area contributed by atoms with E-state index in [0.29, 0.717) is 6.54 Å². The molecule has 1 fully saturated rings.